The summed E-state index contributed by atoms with van der Waals surface area (Å²) in [4.78, 5) is 5.57. The van der Waals surface area contributed by atoms with Crippen LogP contribution in [0.3, 0.4) is 0 Å². The Labute approximate surface area is 129 Å². The SMILES string of the molecule is COc1nccc(I)c1CN1CCCCC1C(F)(F)F. The van der Waals surface area contributed by atoms with Crippen LogP contribution in [-0.4, -0.2) is 35.8 Å². The van der Waals surface area contributed by atoms with Crippen molar-refractivity contribution in [3.63, 3.8) is 0 Å². The fourth-order valence-electron chi connectivity index (χ4n) is 2.52. The van der Waals surface area contributed by atoms with Gasteiger partial charge in [0.1, 0.15) is 6.04 Å². The minimum Gasteiger partial charge on any atom is -0.481 e. The van der Waals surface area contributed by atoms with Gasteiger partial charge in [0.15, 0.2) is 0 Å². The number of nitrogens with zero attached hydrogens (tertiary/aromatic N) is 2. The van der Waals surface area contributed by atoms with Gasteiger partial charge in [-0.3, -0.25) is 4.90 Å². The number of halogens is 4. The molecule has 0 aliphatic carbocycles. The molecule has 0 spiro atoms. The maximum absolute atomic E-state index is 13.1. The number of methoxy groups -OCH3 is 1. The van der Waals surface area contributed by atoms with Crippen molar-refractivity contribution in [2.24, 2.45) is 0 Å². The molecule has 0 bridgehead atoms. The standard InChI is InChI=1S/C13H16F3IN2O/c1-20-12-9(10(17)5-6-18-12)8-19-7-3-2-4-11(19)13(14,15)16/h5-6,11H,2-4,7-8H2,1H3. The third kappa shape index (κ3) is 3.55. The largest absolute Gasteiger partial charge is 0.481 e. The van der Waals surface area contributed by atoms with Gasteiger partial charge < -0.3 is 4.74 Å². The fourth-order valence-corrected chi connectivity index (χ4v) is 3.09. The Bertz CT molecular complexity index is 467. The molecule has 1 atom stereocenters. The average Bonchev–Trinajstić information content (AvgIpc) is 2.40. The van der Waals surface area contributed by atoms with Crippen LogP contribution in [0, 0.1) is 3.57 Å². The molecule has 0 aromatic carbocycles. The second-order valence-corrected chi connectivity index (χ2v) is 5.97. The Morgan fingerprint density at radius 3 is 2.85 bits per heavy atom. The van der Waals surface area contributed by atoms with Gasteiger partial charge in [0.25, 0.3) is 0 Å². The van der Waals surface area contributed by atoms with E-state index in [0.717, 1.165) is 15.6 Å². The molecule has 0 radical (unpaired) electrons. The van der Waals surface area contributed by atoms with Crippen molar-refractivity contribution in [2.45, 2.75) is 38.0 Å². The van der Waals surface area contributed by atoms with Gasteiger partial charge in [0.2, 0.25) is 5.88 Å². The molecule has 1 aromatic heterocycles. The normalized spacial score (nSPS) is 20.9. The van der Waals surface area contributed by atoms with Crippen molar-refractivity contribution in [2.75, 3.05) is 13.7 Å². The van der Waals surface area contributed by atoms with E-state index in [1.807, 2.05) is 0 Å². The van der Waals surface area contributed by atoms with Gasteiger partial charge in [0.05, 0.1) is 7.11 Å². The number of hydrogen-bond donors (Lipinski definition) is 0. The van der Waals surface area contributed by atoms with Crippen LogP contribution in [-0.2, 0) is 6.54 Å². The fraction of sp³-hybridized carbons (Fsp3) is 0.615. The molecule has 20 heavy (non-hydrogen) atoms. The Hall–Kier alpha value is -0.570. The molecule has 112 valence electrons. The van der Waals surface area contributed by atoms with Crippen LogP contribution in [0.15, 0.2) is 12.3 Å². The summed E-state index contributed by atoms with van der Waals surface area (Å²) in [6.45, 7) is 0.678. The van der Waals surface area contributed by atoms with E-state index in [4.69, 9.17) is 4.74 Å². The second-order valence-electron chi connectivity index (χ2n) is 4.80. The molecule has 1 saturated heterocycles. The molecule has 1 fully saturated rings. The number of alkyl halides is 3. The number of pyridine rings is 1. The van der Waals surface area contributed by atoms with Gasteiger partial charge in [-0.15, -0.1) is 0 Å². The van der Waals surface area contributed by atoms with Gasteiger partial charge in [-0.05, 0) is 48.0 Å². The second kappa shape index (κ2) is 6.46. The van der Waals surface area contributed by atoms with Gasteiger partial charge in [0, 0.05) is 21.9 Å². The molecule has 3 nitrogen and oxygen atoms in total. The topological polar surface area (TPSA) is 25.4 Å². The van der Waals surface area contributed by atoms with E-state index < -0.39 is 12.2 Å². The van der Waals surface area contributed by atoms with Gasteiger partial charge >= 0.3 is 6.18 Å². The van der Waals surface area contributed by atoms with Crippen LogP contribution in [0.1, 0.15) is 24.8 Å². The predicted molar refractivity (Wildman–Crippen MR) is 77.6 cm³/mol. The number of ether oxygens (including phenoxy) is 1. The van der Waals surface area contributed by atoms with Crippen LogP contribution < -0.4 is 4.74 Å². The minimum absolute atomic E-state index is 0.169. The molecule has 1 aliphatic heterocycles. The molecule has 0 N–H and O–H groups in total. The number of rotatable bonds is 3. The van der Waals surface area contributed by atoms with Crippen LogP contribution in [0.25, 0.3) is 0 Å². The molecular formula is C13H16F3IN2O. The van der Waals surface area contributed by atoms with Crippen molar-refractivity contribution in [1.82, 2.24) is 9.88 Å². The summed E-state index contributed by atoms with van der Waals surface area (Å²) in [6, 6.07) is 0.419. The van der Waals surface area contributed by atoms with Crippen molar-refractivity contribution < 1.29 is 17.9 Å². The first-order valence-corrected chi connectivity index (χ1v) is 7.49. The van der Waals surface area contributed by atoms with Crippen molar-refractivity contribution in [3.05, 3.63) is 21.4 Å². The van der Waals surface area contributed by atoms with Gasteiger partial charge in [-0.25, -0.2) is 4.98 Å². The lowest BCUT2D eigenvalue weighted by Gasteiger charge is -2.37. The predicted octanol–water partition coefficient (Wildman–Crippen LogP) is 3.61. The summed E-state index contributed by atoms with van der Waals surface area (Å²) in [7, 11) is 1.49. The smallest absolute Gasteiger partial charge is 0.404 e. The number of likely N-dealkylation sites (tertiary alicyclic amines) is 1. The zero-order valence-electron chi connectivity index (χ0n) is 11.1. The maximum Gasteiger partial charge on any atom is 0.404 e. The lowest BCUT2D eigenvalue weighted by atomic mass is 10.0. The lowest BCUT2D eigenvalue weighted by Crippen LogP contribution is -2.48. The third-order valence-electron chi connectivity index (χ3n) is 3.51. The first-order valence-electron chi connectivity index (χ1n) is 6.41. The van der Waals surface area contributed by atoms with Crippen LogP contribution in [0.4, 0.5) is 13.2 Å². The third-order valence-corrected chi connectivity index (χ3v) is 4.52. The van der Waals surface area contributed by atoms with Crippen molar-refractivity contribution in [1.29, 1.82) is 0 Å². The quantitative estimate of drug-likeness (QED) is 0.726. The molecule has 2 heterocycles. The summed E-state index contributed by atoms with van der Waals surface area (Å²) in [5.74, 6) is 0.406. The summed E-state index contributed by atoms with van der Waals surface area (Å²) >= 11 is 2.11. The Morgan fingerprint density at radius 2 is 2.20 bits per heavy atom. The molecule has 1 aromatic rings. The highest BCUT2D eigenvalue weighted by atomic mass is 127. The van der Waals surface area contributed by atoms with Gasteiger partial charge in [-0.1, -0.05) is 6.42 Å². The first-order chi connectivity index (χ1) is 9.43. The number of aromatic nitrogens is 1. The van der Waals surface area contributed by atoms with E-state index in [0.29, 0.717) is 18.8 Å². The van der Waals surface area contributed by atoms with Crippen molar-refractivity contribution in [3.8, 4) is 5.88 Å². The van der Waals surface area contributed by atoms with E-state index in [1.54, 1.807) is 12.3 Å². The highest BCUT2D eigenvalue weighted by Crippen LogP contribution is 2.34. The maximum atomic E-state index is 13.1. The van der Waals surface area contributed by atoms with Crippen LogP contribution >= 0.6 is 22.6 Å². The zero-order chi connectivity index (χ0) is 14.8. The summed E-state index contributed by atoms with van der Waals surface area (Å²) in [6.07, 6.45) is -0.987. The van der Waals surface area contributed by atoms with E-state index in [9.17, 15) is 13.2 Å². The number of piperidine rings is 1. The Kier molecular flexibility index (Phi) is 5.11. The summed E-state index contributed by atoms with van der Waals surface area (Å²) in [5, 5.41) is 0. The van der Waals surface area contributed by atoms with Crippen molar-refractivity contribution >= 4 is 22.6 Å². The Balaban J connectivity index is 2.23. The zero-order valence-corrected chi connectivity index (χ0v) is 13.2. The average molecular weight is 400 g/mol. The molecule has 1 unspecified atom stereocenters. The van der Waals surface area contributed by atoms with Crippen LogP contribution in [0.5, 0.6) is 5.88 Å². The molecule has 0 amide bonds. The lowest BCUT2D eigenvalue weighted by molar-refractivity contribution is -0.192. The summed E-state index contributed by atoms with van der Waals surface area (Å²) in [5.41, 5.74) is 0.728. The van der Waals surface area contributed by atoms with Gasteiger partial charge in [-0.2, -0.15) is 13.2 Å². The summed E-state index contributed by atoms with van der Waals surface area (Å²) < 4.78 is 45.3. The highest BCUT2D eigenvalue weighted by Gasteiger charge is 2.44. The first kappa shape index (κ1) is 15.8. The van der Waals surface area contributed by atoms with E-state index in [2.05, 4.69) is 27.6 Å². The van der Waals surface area contributed by atoms with E-state index in [1.165, 1.54) is 12.0 Å². The highest BCUT2D eigenvalue weighted by molar-refractivity contribution is 14.1. The monoisotopic (exact) mass is 400 g/mol. The van der Waals surface area contributed by atoms with E-state index in [-0.39, 0.29) is 13.0 Å². The molecule has 2 rings (SSSR count). The number of hydrogen-bond acceptors (Lipinski definition) is 3. The van der Waals surface area contributed by atoms with Crippen LogP contribution in [0.2, 0.25) is 0 Å². The van der Waals surface area contributed by atoms with E-state index >= 15 is 0 Å². The minimum atomic E-state index is -4.18. The molecule has 0 saturated carbocycles. The Morgan fingerprint density at radius 1 is 1.45 bits per heavy atom. The molecule has 7 heteroatoms. The molecular weight excluding hydrogens is 384 g/mol. The molecule has 1 aliphatic rings.